The third kappa shape index (κ3) is 4.93. The maximum Gasteiger partial charge on any atom is 0.262 e. The number of carbonyl (C=O) groups is 1. The summed E-state index contributed by atoms with van der Waals surface area (Å²) in [5, 5.41) is 2.65. The van der Waals surface area contributed by atoms with Crippen molar-refractivity contribution >= 4 is 38.9 Å². The van der Waals surface area contributed by atoms with Crippen molar-refractivity contribution < 1.29 is 17.6 Å². The third-order valence-electron chi connectivity index (χ3n) is 4.19. The normalized spacial score (nSPS) is 11.2. The molecule has 0 spiro atoms. The Morgan fingerprint density at radius 1 is 1.00 bits per heavy atom. The van der Waals surface area contributed by atoms with Crippen LogP contribution in [-0.2, 0) is 10.0 Å². The van der Waals surface area contributed by atoms with Crippen LogP contribution in [0.25, 0.3) is 0 Å². The van der Waals surface area contributed by atoms with Crippen LogP contribution < -0.4 is 10.0 Å². The minimum Gasteiger partial charge on any atom is -0.319 e. The fourth-order valence-corrected chi connectivity index (χ4v) is 4.26. The maximum atomic E-state index is 13.9. The Bertz CT molecular complexity index is 1200. The van der Waals surface area contributed by atoms with Gasteiger partial charge in [0.15, 0.2) is 0 Å². The van der Waals surface area contributed by atoms with Gasteiger partial charge in [0.25, 0.3) is 15.9 Å². The lowest BCUT2D eigenvalue weighted by Gasteiger charge is -2.12. The molecule has 0 bridgehead atoms. The molecular weight excluding hydrogens is 415 g/mol. The molecule has 0 heterocycles. The lowest BCUT2D eigenvalue weighted by molar-refractivity contribution is 0.102. The van der Waals surface area contributed by atoms with Crippen molar-refractivity contribution in [1.82, 2.24) is 0 Å². The summed E-state index contributed by atoms with van der Waals surface area (Å²) in [4.78, 5) is 12.6. The van der Waals surface area contributed by atoms with E-state index in [2.05, 4.69) is 10.0 Å². The quantitative estimate of drug-likeness (QED) is 0.585. The minimum atomic E-state index is -3.84. The molecule has 3 rings (SSSR count). The minimum absolute atomic E-state index is 0.0271. The van der Waals surface area contributed by atoms with Gasteiger partial charge in [-0.15, -0.1) is 0 Å². The Labute approximate surface area is 173 Å². The van der Waals surface area contributed by atoms with Gasteiger partial charge in [-0.05, 0) is 67.4 Å². The lowest BCUT2D eigenvalue weighted by atomic mass is 10.2. The summed E-state index contributed by atoms with van der Waals surface area (Å²) in [7, 11) is -3.84. The number of nitrogens with one attached hydrogen (secondary N) is 2. The van der Waals surface area contributed by atoms with E-state index in [0.29, 0.717) is 5.56 Å². The maximum absolute atomic E-state index is 13.9. The fourth-order valence-electron chi connectivity index (χ4n) is 2.72. The summed E-state index contributed by atoms with van der Waals surface area (Å²) in [6.07, 6.45) is 0. The molecule has 3 aromatic carbocycles. The van der Waals surface area contributed by atoms with Gasteiger partial charge in [0, 0.05) is 16.3 Å². The molecule has 5 nitrogen and oxygen atoms in total. The Hall–Kier alpha value is -2.90. The summed E-state index contributed by atoms with van der Waals surface area (Å²) < 4.78 is 41.9. The van der Waals surface area contributed by atoms with Gasteiger partial charge in [0.05, 0.1) is 10.6 Å². The average molecular weight is 433 g/mol. The monoisotopic (exact) mass is 432 g/mol. The smallest absolute Gasteiger partial charge is 0.262 e. The number of hydrogen-bond acceptors (Lipinski definition) is 3. The number of hydrogen-bond donors (Lipinski definition) is 2. The van der Waals surface area contributed by atoms with Crippen molar-refractivity contribution in [3.8, 4) is 0 Å². The number of anilines is 2. The molecular formula is C21H18ClFN2O3S. The number of sulfonamides is 1. The van der Waals surface area contributed by atoms with E-state index in [1.54, 1.807) is 26.0 Å². The Balaban J connectivity index is 1.83. The van der Waals surface area contributed by atoms with Crippen LogP contribution >= 0.6 is 11.6 Å². The van der Waals surface area contributed by atoms with E-state index < -0.39 is 21.7 Å². The molecule has 2 N–H and O–H groups in total. The molecule has 0 aliphatic carbocycles. The van der Waals surface area contributed by atoms with Crippen LogP contribution in [0.2, 0.25) is 5.02 Å². The Morgan fingerprint density at radius 3 is 2.48 bits per heavy atom. The highest BCUT2D eigenvalue weighted by Crippen LogP contribution is 2.23. The van der Waals surface area contributed by atoms with E-state index in [4.69, 9.17) is 11.6 Å². The van der Waals surface area contributed by atoms with Gasteiger partial charge in [0.1, 0.15) is 5.82 Å². The number of benzene rings is 3. The molecule has 0 aliphatic heterocycles. The van der Waals surface area contributed by atoms with Gasteiger partial charge in [-0.25, -0.2) is 12.8 Å². The van der Waals surface area contributed by atoms with Gasteiger partial charge in [-0.2, -0.15) is 0 Å². The molecule has 0 atom stereocenters. The zero-order chi connectivity index (χ0) is 21.2. The van der Waals surface area contributed by atoms with E-state index >= 15 is 0 Å². The topological polar surface area (TPSA) is 75.3 Å². The zero-order valence-electron chi connectivity index (χ0n) is 15.7. The van der Waals surface area contributed by atoms with Crippen molar-refractivity contribution in [3.05, 3.63) is 88.2 Å². The zero-order valence-corrected chi connectivity index (χ0v) is 17.2. The molecule has 29 heavy (non-hydrogen) atoms. The predicted octanol–water partition coefficient (Wildman–Crippen LogP) is 5.15. The largest absolute Gasteiger partial charge is 0.319 e. The van der Waals surface area contributed by atoms with E-state index in [1.165, 1.54) is 36.4 Å². The van der Waals surface area contributed by atoms with Gasteiger partial charge in [0.2, 0.25) is 0 Å². The van der Waals surface area contributed by atoms with Crippen LogP contribution in [0.5, 0.6) is 0 Å². The van der Waals surface area contributed by atoms with Crippen molar-refractivity contribution in [2.24, 2.45) is 0 Å². The Morgan fingerprint density at radius 2 is 1.76 bits per heavy atom. The highest BCUT2D eigenvalue weighted by molar-refractivity contribution is 7.92. The van der Waals surface area contributed by atoms with E-state index in [0.717, 1.165) is 11.6 Å². The second kappa shape index (κ2) is 8.23. The molecule has 8 heteroatoms. The second-order valence-corrected chi connectivity index (χ2v) is 8.62. The van der Waals surface area contributed by atoms with Crippen molar-refractivity contribution in [3.63, 3.8) is 0 Å². The molecule has 0 saturated carbocycles. The molecule has 0 aliphatic rings. The van der Waals surface area contributed by atoms with Crippen molar-refractivity contribution in [2.45, 2.75) is 18.7 Å². The number of carbonyl (C=O) groups excluding carboxylic acids is 1. The SMILES string of the molecule is Cc1ccc(C)c(S(=O)(=O)Nc2cccc(C(=O)Nc3ccc(Cl)cc3F)c2)c1. The predicted molar refractivity (Wildman–Crippen MR) is 113 cm³/mol. The van der Waals surface area contributed by atoms with Crippen LogP contribution in [0, 0.1) is 19.7 Å². The van der Waals surface area contributed by atoms with E-state index in [1.807, 2.05) is 6.07 Å². The van der Waals surface area contributed by atoms with Crippen molar-refractivity contribution in [2.75, 3.05) is 10.0 Å². The highest BCUT2D eigenvalue weighted by Gasteiger charge is 2.18. The van der Waals surface area contributed by atoms with Crippen LogP contribution in [0.3, 0.4) is 0 Å². The summed E-state index contributed by atoms with van der Waals surface area (Å²) in [5.74, 6) is -1.25. The molecule has 0 aromatic heterocycles. The second-order valence-electron chi connectivity index (χ2n) is 6.53. The van der Waals surface area contributed by atoms with Gasteiger partial charge < -0.3 is 5.32 Å². The molecule has 3 aromatic rings. The molecule has 0 radical (unpaired) electrons. The summed E-state index contributed by atoms with van der Waals surface area (Å²) in [5.41, 5.74) is 1.78. The van der Waals surface area contributed by atoms with Crippen LogP contribution in [0.15, 0.2) is 65.6 Å². The van der Waals surface area contributed by atoms with Crippen LogP contribution in [0.4, 0.5) is 15.8 Å². The van der Waals surface area contributed by atoms with Gasteiger partial charge in [-0.3, -0.25) is 9.52 Å². The standard InChI is InChI=1S/C21H18ClFN2O3S/c1-13-6-7-14(2)20(10-13)29(27,28)25-17-5-3-4-15(11-17)21(26)24-19-9-8-16(22)12-18(19)23/h3-12,25H,1-2H3,(H,24,26). The van der Waals surface area contributed by atoms with Crippen molar-refractivity contribution in [1.29, 1.82) is 0 Å². The first-order chi connectivity index (χ1) is 13.7. The molecule has 1 amide bonds. The molecule has 0 fully saturated rings. The first-order valence-electron chi connectivity index (χ1n) is 8.62. The highest BCUT2D eigenvalue weighted by atomic mass is 35.5. The van der Waals surface area contributed by atoms with Gasteiger partial charge >= 0.3 is 0 Å². The number of rotatable bonds is 5. The summed E-state index contributed by atoms with van der Waals surface area (Å²) in [6, 6.07) is 15.0. The third-order valence-corrected chi connectivity index (χ3v) is 5.95. The molecule has 150 valence electrons. The number of amides is 1. The molecule has 0 unspecified atom stereocenters. The van der Waals surface area contributed by atoms with E-state index in [9.17, 15) is 17.6 Å². The average Bonchev–Trinajstić information content (AvgIpc) is 2.65. The van der Waals surface area contributed by atoms with Crippen LogP contribution in [-0.4, -0.2) is 14.3 Å². The number of halogens is 2. The van der Waals surface area contributed by atoms with Crippen LogP contribution in [0.1, 0.15) is 21.5 Å². The van der Waals surface area contributed by atoms with Gasteiger partial charge in [-0.1, -0.05) is 29.8 Å². The fraction of sp³-hybridized carbons (Fsp3) is 0.0952. The first-order valence-corrected chi connectivity index (χ1v) is 10.5. The summed E-state index contributed by atoms with van der Waals surface area (Å²) >= 11 is 5.71. The summed E-state index contributed by atoms with van der Waals surface area (Å²) in [6.45, 7) is 3.51. The van der Waals surface area contributed by atoms with E-state index in [-0.39, 0.29) is 26.9 Å². The molecule has 0 saturated heterocycles. The number of aryl methyl sites for hydroxylation is 2. The Kier molecular flexibility index (Phi) is 5.91. The first kappa shape index (κ1) is 20.8. The lowest BCUT2D eigenvalue weighted by Crippen LogP contribution is -2.16.